The van der Waals surface area contributed by atoms with Crippen LogP contribution in [0.4, 0.5) is 4.39 Å². The average Bonchev–Trinajstić information content (AvgIpc) is 2.79. The largest absolute Gasteiger partial charge is 0.377 e. The van der Waals surface area contributed by atoms with E-state index in [4.69, 9.17) is 4.74 Å². The number of ether oxygens (including phenoxy) is 1. The molecule has 1 amide bonds. The van der Waals surface area contributed by atoms with Crippen molar-refractivity contribution in [1.82, 2.24) is 15.2 Å². The molecule has 1 aromatic heterocycles. The molecule has 0 aliphatic carbocycles. The molecule has 2 aromatic rings. The lowest BCUT2D eigenvalue weighted by atomic mass is 9.88. The van der Waals surface area contributed by atoms with Crippen molar-refractivity contribution >= 4 is 5.91 Å². The summed E-state index contributed by atoms with van der Waals surface area (Å²) in [4.78, 5) is 19.8. The van der Waals surface area contributed by atoms with Gasteiger partial charge in [0.25, 0.3) is 5.91 Å². The molecule has 5 nitrogen and oxygen atoms in total. The monoisotopic (exact) mass is 409 g/mol. The van der Waals surface area contributed by atoms with Crippen molar-refractivity contribution in [2.75, 3.05) is 32.8 Å². The molecule has 0 unspecified atom stereocenters. The molecule has 0 radical (unpaired) electrons. The normalized spacial score (nSPS) is 21.0. The minimum absolute atomic E-state index is 0.221. The number of halogens is 1. The first-order chi connectivity index (χ1) is 14.7. The fraction of sp³-hybridized carbons (Fsp3) is 0.417. The van der Waals surface area contributed by atoms with Crippen LogP contribution in [0, 0.1) is 11.7 Å². The molecule has 0 spiro atoms. The molecular weight excluding hydrogens is 381 g/mol. The molecule has 1 fully saturated rings. The quantitative estimate of drug-likeness (QED) is 0.739. The lowest BCUT2D eigenvalue weighted by molar-refractivity contribution is 0.0878. The Hall–Kier alpha value is -2.57. The smallest absolute Gasteiger partial charge is 0.251 e. The van der Waals surface area contributed by atoms with Gasteiger partial charge in [-0.05, 0) is 67.6 Å². The summed E-state index contributed by atoms with van der Waals surface area (Å²) in [6.07, 6.45) is 7.10. The number of amides is 1. The van der Waals surface area contributed by atoms with Crippen LogP contribution >= 0.6 is 0 Å². The van der Waals surface area contributed by atoms with E-state index in [1.165, 1.54) is 17.7 Å². The zero-order chi connectivity index (χ0) is 20.8. The Morgan fingerprint density at radius 3 is 3.00 bits per heavy atom. The molecule has 2 aliphatic rings. The third kappa shape index (κ3) is 5.32. The predicted octanol–water partition coefficient (Wildman–Crippen LogP) is 3.75. The van der Waals surface area contributed by atoms with Gasteiger partial charge in [-0.25, -0.2) is 4.39 Å². The van der Waals surface area contributed by atoms with Gasteiger partial charge in [0, 0.05) is 24.8 Å². The maximum absolute atomic E-state index is 13.6. The molecule has 0 saturated carbocycles. The zero-order valence-electron chi connectivity index (χ0n) is 17.1. The number of piperidine rings is 1. The van der Waals surface area contributed by atoms with Crippen LogP contribution in [0.15, 0.2) is 60.3 Å². The zero-order valence-corrected chi connectivity index (χ0v) is 17.1. The number of benzene rings is 1. The highest BCUT2D eigenvalue weighted by atomic mass is 19.1. The maximum Gasteiger partial charge on any atom is 0.251 e. The second-order valence-electron chi connectivity index (χ2n) is 8.06. The van der Waals surface area contributed by atoms with Crippen LogP contribution in [0.2, 0.25) is 0 Å². The second-order valence-corrected chi connectivity index (χ2v) is 8.06. The van der Waals surface area contributed by atoms with E-state index >= 15 is 0 Å². The number of aromatic nitrogens is 1. The Morgan fingerprint density at radius 1 is 1.30 bits per heavy atom. The van der Waals surface area contributed by atoms with Gasteiger partial charge >= 0.3 is 0 Å². The van der Waals surface area contributed by atoms with Crippen LogP contribution in [0.25, 0.3) is 0 Å². The van der Waals surface area contributed by atoms with Gasteiger partial charge in [0.1, 0.15) is 5.82 Å². The van der Waals surface area contributed by atoms with E-state index in [1.807, 2.05) is 18.2 Å². The number of carbonyl (C=O) groups excluding carboxylic acids is 1. The van der Waals surface area contributed by atoms with E-state index in [0.717, 1.165) is 51.2 Å². The average molecular weight is 410 g/mol. The van der Waals surface area contributed by atoms with Crippen LogP contribution in [-0.2, 0) is 4.74 Å². The molecule has 2 aliphatic heterocycles. The number of nitrogens with one attached hydrogen (secondary N) is 1. The number of nitrogens with zero attached hydrogens (tertiary/aromatic N) is 2. The summed E-state index contributed by atoms with van der Waals surface area (Å²) >= 11 is 0. The third-order valence-corrected chi connectivity index (χ3v) is 5.80. The Morgan fingerprint density at radius 2 is 2.23 bits per heavy atom. The van der Waals surface area contributed by atoms with Crippen LogP contribution in [0.5, 0.6) is 0 Å². The highest BCUT2D eigenvalue weighted by Crippen LogP contribution is 2.30. The number of hydrogen-bond donors (Lipinski definition) is 1. The van der Waals surface area contributed by atoms with Crippen molar-refractivity contribution in [3.05, 3.63) is 77.4 Å². The lowest BCUT2D eigenvalue weighted by Gasteiger charge is -2.37. The molecule has 158 valence electrons. The van der Waals surface area contributed by atoms with Crippen molar-refractivity contribution in [1.29, 1.82) is 0 Å². The van der Waals surface area contributed by atoms with E-state index in [9.17, 15) is 9.18 Å². The first-order valence-electron chi connectivity index (χ1n) is 10.6. The Balaban J connectivity index is 1.50. The number of rotatable bonds is 6. The van der Waals surface area contributed by atoms with Gasteiger partial charge in [-0.3, -0.25) is 14.7 Å². The fourth-order valence-corrected chi connectivity index (χ4v) is 4.36. The van der Waals surface area contributed by atoms with Gasteiger partial charge in [0.2, 0.25) is 0 Å². The molecule has 0 bridgehead atoms. The van der Waals surface area contributed by atoms with Gasteiger partial charge in [0.05, 0.1) is 24.9 Å². The lowest BCUT2D eigenvalue weighted by Crippen LogP contribution is -2.44. The van der Waals surface area contributed by atoms with E-state index in [0.29, 0.717) is 12.2 Å². The van der Waals surface area contributed by atoms with E-state index in [1.54, 1.807) is 18.3 Å². The first-order valence-corrected chi connectivity index (χ1v) is 10.6. The minimum atomic E-state index is -0.413. The second kappa shape index (κ2) is 9.96. The topological polar surface area (TPSA) is 54.5 Å². The summed E-state index contributed by atoms with van der Waals surface area (Å²) in [5, 5.41) is 3.14. The maximum atomic E-state index is 13.6. The summed E-state index contributed by atoms with van der Waals surface area (Å²) in [5.74, 6) is -0.453. The highest BCUT2D eigenvalue weighted by Gasteiger charge is 2.31. The fourth-order valence-electron chi connectivity index (χ4n) is 4.36. The van der Waals surface area contributed by atoms with Crippen molar-refractivity contribution in [3.63, 3.8) is 0 Å². The van der Waals surface area contributed by atoms with Gasteiger partial charge in [0.15, 0.2) is 0 Å². The summed E-state index contributed by atoms with van der Waals surface area (Å²) in [6.45, 7) is 4.34. The van der Waals surface area contributed by atoms with Crippen LogP contribution in [-0.4, -0.2) is 48.6 Å². The molecule has 4 rings (SSSR count). The number of likely N-dealkylation sites (tertiary alicyclic amines) is 1. The van der Waals surface area contributed by atoms with Crippen LogP contribution in [0.3, 0.4) is 0 Å². The number of pyridine rings is 1. The van der Waals surface area contributed by atoms with Gasteiger partial charge in [-0.1, -0.05) is 18.2 Å². The van der Waals surface area contributed by atoms with Crippen LogP contribution in [0.1, 0.15) is 41.4 Å². The summed E-state index contributed by atoms with van der Waals surface area (Å²) < 4.78 is 19.2. The van der Waals surface area contributed by atoms with E-state index < -0.39 is 5.82 Å². The van der Waals surface area contributed by atoms with Crippen molar-refractivity contribution < 1.29 is 13.9 Å². The Kier molecular flexibility index (Phi) is 6.87. The predicted molar refractivity (Wildman–Crippen MR) is 114 cm³/mol. The SMILES string of the molecule is O=C(N[C@H](c1ccccn1)[C@@H]1CCCN(CC2=CCCOC2)C1)c1cccc(F)c1. The number of hydrogen-bond acceptors (Lipinski definition) is 4. The molecule has 2 atom stereocenters. The summed E-state index contributed by atoms with van der Waals surface area (Å²) in [6, 6.07) is 11.3. The number of carbonyl (C=O) groups is 1. The summed E-state index contributed by atoms with van der Waals surface area (Å²) in [5.41, 5.74) is 2.50. The molecule has 6 heteroatoms. The first kappa shape index (κ1) is 20.7. The molecule has 1 saturated heterocycles. The van der Waals surface area contributed by atoms with Crippen molar-refractivity contribution in [2.24, 2.45) is 5.92 Å². The molecule has 1 aromatic carbocycles. The Labute approximate surface area is 177 Å². The molecule has 3 heterocycles. The van der Waals surface area contributed by atoms with Gasteiger partial charge < -0.3 is 10.1 Å². The summed E-state index contributed by atoms with van der Waals surface area (Å²) in [7, 11) is 0. The third-order valence-electron chi connectivity index (χ3n) is 5.80. The van der Waals surface area contributed by atoms with Crippen LogP contribution < -0.4 is 5.32 Å². The van der Waals surface area contributed by atoms with E-state index in [2.05, 4.69) is 21.3 Å². The highest BCUT2D eigenvalue weighted by molar-refractivity contribution is 5.94. The van der Waals surface area contributed by atoms with Gasteiger partial charge in [-0.15, -0.1) is 0 Å². The van der Waals surface area contributed by atoms with Crippen molar-refractivity contribution in [3.8, 4) is 0 Å². The minimum Gasteiger partial charge on any atom is -0.377 e. The van der Waals surface area contributed by atoms with Gasteiger partial charge in [-0.2, -0.15) is 0 Å². The van der Waals surface area contributed by atoms with Crippen molar-refractivity contribution in [2.45, 2.75) is 25.3 Å². The molecular formula is C24H28FN3O2. The Bertz CT molecular complexity index is 887. The van der Waals surface area contributed by atoms with E-state index in [-0.39, 0.29) is 17.9 Å². The standard InChI is InChI=1S/C24H28FN3O2/c25-21-9-3-7-19(14-21)24(29)27-23(22-10-1-2-11-26-22)20-8-4-12-28(16-20)15-18-6-5-13-30-17-18/h1-3,6-7,9-11,14,20,23H,4-5,8,12-13,15-17H2,(H,27,29)/t20-,23+/m1/s1. The molecule has 1 N–H and O–H groups in total. The molecule has 30 heavy (non-hydrogen) atoms.